The number of furan rings is 1. The predicted molar refractivity (Wildman–Crippen MR) is 97.5 cm³/mol. The van der Waals surface area contributed by atoms with Gasteiger partial charge in [-0.3, -0.25) is 4.79 Å². The van der Waals surface area contributed by atoms with Crippen LogP contribution in [0.2, 0.25) is 0 Å². The van der Waals surface area contributed by atoms with Crippen LogP contribution >= 0.6 is 0 Å². The van der Waals surface area contributed by atoms with Gasteiger partial charge in [-0.25, -0.2) is 4.39 Å². The van der Waals surface area contributed by atoms with Crippen LogP contribution in [0.15, 0.2) is 65.1 Å². The standard InChI is InChI=1S/C21H17FO5/c1-25-21-12-14(2-10-20(21)24)19(23)11-9-17-7-8-18(27-17)13-26-16-5-3-15(22)4-6-16/h2-12,24H,13H2,1H3/b11-9+. The molecule has 0 radical (unpaired) electrons. The number of carbonyl (C=O) groups excluding carboxylic acids is 1. The Bertz CT molecular complexity index is 957. The molecule has 1 N–H and O–H groups in total. The molecule has 0 amide bonds. The molecule has 0 saturated heterocycles. The van der Waals surface area contributed by atoms with Crippen LogP contribution in [0.3, 0.4) is 0 Å². The lowest BCUT2D eigenvalue weighted by Gasteiger charge is -2.04. The Morgan fingerprint density at radius 2 is 1.93 bits per heavy atom. The van der Waals surface area contributed by atoms with Crippen molar-refractivity contribution in [2.45, 2.75) is 6.61 Å². The molecule has 3 rings (SSSR count). The Kier molecular flexibility index (Phi) is 5.56. The number of phenolic OH excluding ortho intramolecular Hbond substituents is 1. The van der Waals surface area contributed by atoms with Crippen LogP contribution in [0, 0.1) is 5.82 Å². The number of hydrogen-bond acceptors (Lipinski definition) is 5. The first-order valence-electron chi connectivity index (χ1n) is 8.11. The first-order chi connectivity index (χ1) is 13.0. The van der Waals surface area contributed by atoms with E-state index in [1.165, 1.54) is 55.7 Å². The van der Waals surface area contributed by atoms with E-state index in [9.17, 15) is 14.3 Å². The summed E-state index contributed by atoms with van der Waals surface area (Å²) in [5.41, 5.74) is 0.382. The van der Waals surface area contributed by atoms with Gasteiger partial charge in [-0.2, -0.15) is 0 Å². The molecule has 2 aromatic carbocycles. The fraction of sp³-hybridized carbons (Fsp3) is 0.0952. The molecule has 0 aliphatic heterocycles. The second-order valence-corrected chi connectivity index (χ2v) is 5.63. The third kappa shape index (κ3) is 4.76. The summed E-state index contributed by atoms with van der Waals surface area (Å²) in [5, 5.41) is 9.57. The molecule has 1 heterocycles. The molecule has 1 aromatic heterocycles. The van der Waals surface area contributed by atoms with Crippen LogP contribution < -0.4 is 9.47 Å². The molecule has 0 unspecified atom stereocenters. The molecule has 138 valence electrons. The van der Waals surface area contributed by atoms with Crippen LogP contribution in [-0.4, -0.2) is 18.0 Å². The Balaban J connectivity index is 1.61. The number of rotatable bonds is 7. The van der Waals surface area contributed by atoms with Gasteiger partial charge in [0.2, 0.25) is 0 Å². The summed E-state index contributed by atoms with van der Waals surface area (Å²) in [5.74, 6) is 1.20. The van der Waals surface area contributed by atoms with Crippen molar-refractivity contribution >= 4 is 11.9 Å². The highest BCUT2D eigenvalue weighted by molar-refractivity contribution is 6.07. The zero-order chi connectivity index (χ0) is 19.2. The minimum atomic E-state index is -0.330. The van der Waals surface area contributed by atoms with Crippen molar-refractivity contribution in [3.8, 4) is 17.2 Å². The zero-order valence-electron chi connectivity index (χ0n) is 14.5. The van der Waals surface area contributed by atoms with Gasteiger partial charge in [0.25, 0.3) is 0 Å². The summed E-state index contributed by atoms with van der Waals surface area (Å²) >= 11 is 0. The van der Waals surface area contributed by atoms with Gasteiger partial charge in [-0.05, 0) is 66.7 Å². The molecule has 0 saturated carbocycles. The fourth-order valence-electron chi connectivity index (χ4n) is 2.33. The molecule has 0 fully saturated rings. The van der Waals surface area contributed by atoms with Crippen LogP contribution in [0.25, 0.3) is 6.08 Å². The minimum absolute atomic E-state index is 0.0325. The summed E-state index contributed by atoms with van der Waals surface area (Å²) in [4.78, 5) is 12.2. The topological polar surface area (TPSA) is 68.9 Å². The van der Waals surface area contributed by atoms with Gasteiger partial charge in [0.15, 0.2) is 17.3 Å². The molecule has 0 aliphatic rings. The largest absolute Gasteiger partial charge is 0.504 e. The molecule has 3 aromatic rings. The van der Waals surface area contributed by atoms with E-state index in [1.807, 2.05) is 0 Å². The first-order valence-corrected chi connectivity index (χ1v) is 8.11. The number of allylic oxidation sites excluding steroid dienone is 1. The number of halogens is 1. The van der Waals surface area contributed by atoms with E-state index in [1.54, 1.807) is 18.2 Å². The minimum Gasteiger partial charge on any atom is -0.504 e. The third-order valence-electron chi connectivity index (χ3n) is 3.74. The van der Waals surface area contributed by atoms with Crippen molar-refractivity contribution in [3.05, 3.63) is 83.6 Å². The smallest absolute Gasteiger partial charge is 0.186 e. The van der Waals surface area contributed by atoms with Crippen LogP contribution in [0.5, 0.6) is 17.2 Å². The lowest BCUT2D eigenvalue weighted by Crippen LogP contribution is -1.95. The van der Waals surface area contributed by atoms with Gasteiger partial charge < -0.3 is 19.0 Å². The summed E-state index contributed by atoms with van der Waals surface area (Å²) in [7, 11) is 1.41. The van der Waals surface area contributed by atoms with E-state index >= 15 is 0 Å². The number of benzene rings is 2. The Labute approximate surface area is 155 Å². The van der Waals surface area contributed by atoms with Gasteiger partial charge in [0.1, 0.15) is 29.7 Å². The highest BCUT2D eigenvalue weighted by Crippen LogP contribution is 2.26. The maximum absolute atomic E-state index is 12.9. The van der Waals surface area contributed by atoms with E-state index < -0.39 is 0 Å². The normalized spacial score (nSPS) is 10.9. The quantitative estimate of drug-likeness (QED) is 0.487. The molecular weight excluding hydrogens is 351 g/mol. The summed E-state index contributed by atoms with van der Waals surface area (Å²) in [6.45, 7) is 0.183. The van der Waals surface area contributed by atoms with Crippen molar-refractivity contribution in [3.63, 3.8) is 0 Å². The number of phenols is 1. The predicted octanol–water partition coefficient (Wildman–Crippen LogP) is 4.61. The SMILES string of the molecule is COc1cc(C(=O)/C=C/c2ccc(COc3ccc(F)cc3)o2)ccc1O. The molecule has 27 heavy (non-hydrogen) atoms. The molecule has 0 bridgehead atoms. The third-order valence-corrected chi connectivity index (χ3v) is 3.74. The molecule has 5 nitrogen and oxygen atoms in total. The summed E-state index contributed by atoms with van der Waals surface area (Å²) in [6.07, 6.45) is 2.92. The van der Waals surface area contributed by atoms with Crippen molar-refractivity contribution in [2.24, 2.45) is 0 Å². The van der Waals surface area contributed by atoms with Gasteiger partial charge >= 0.3 is 0 Å². The second kappa shape index (κ2) is 8.23. The van der Waals surface area contributed by atoms with E-state index in [2.05, 4.69) is 0 Å². The monoisotopic (exact) mass is 368 g/mol. The van der Waals surface area contributed by atoms with E-state index in [0.29, 0.717) is 22.8 Å². The van der Waals surface area contributed by atoms with Gasteiger partial charge in [0, 0.05) is 5.56 Å². The average molecular weight is 368 g/mol. The first kappa shape index (κ1) is 18.3. The molecule has 6 heteroatoms. The number of carbonyl (C=O) groups is 1. The van der Waals surface area contributed by atoms with Crippen LogP contribution in [0.1, 0.15) is 21.9 Å². The highest BCUT2D eigenvalue weighted by atomic mass is 19.1. The maximum Gasteiger partial charge on any atom is 0.186 e. The van der Waals surface area contributed by atoms with E-state index in [4.69, 9.17) is 13.9 Å². The van der Waals surface area contributed by atoms with Crippen LogP contribution in [0.4, 0.5) is 4.39 Å². The average Bonchev–Trinajstić information content (AvgIpc) is 3.14. The van der Waals surface area contributed by atoms with Crippen molar-refractivity contribution in [1.82, 2.24) is 0 Å². The maximum atomic E-state index is 12.9. The second-order valence-electron chi connectivity index (χ2n) is 5.63. The lowest BCUT2D eigenvalue weighted by atomic mass is 10.1. The fourth-order valence-corrected chi connectivity index (χ4v) is 2.33. The van der Waals surface area contributed by atoms with Crippen LogP contribution in [-0.2, 0) is 6.61 Å². The van der Waals surface area contributed by atoms with Crippen molar-refractivity contribution in [2.75, 3.05) is 7.11 Å². The highest BCUT2D eigenvalue weighted by Gasteiger charge is 2.08. The number of aromatic hydroxyl groups is 1. The Morgan fingerprint density at radius 3 is 2.67 bits per heavy atom. The van der Waals surface area contributed by atoms with Gasteiger partial charge in [-0.15, -0.1) is 0 Å². The van der Waals surface area contributed by atoms with Gasteiger partial charge in [0.05, 0.1) is 7.11 Å². The Morgan fingerprint density at radius 1 is 1.15 bits per heavy atom. The zero-order valence-corrected chi connectivity index (χ0v) is 14.5. The molecule has 0 aliphatic carbocycles. The van der Waals surface area contributed by atoms with Crippen molar-refractivity contribution in [1.29, 1.82) is 0 Å². The van der Waals surface area contributed by atoms with Crippen molar-refractivity contribution < 1.29 is 28.2 Å². The summed E-state index contributed by atoms with van der Waals surface area (Å²) in [6, 6.07) is 13.5. The summed E-state index contributed by atoms with van der Waals surface area (Å²) < 4.78 is 28.9. The van der Waals surface area contributed by atoms with Gasteiger partial charge in [-0.1, -0.05) is 0 Å². The number of methoxy groups -OCH3 is 1. The Hall–Kier alpha value is -3.54. The molecule has 0 atom stereocenters. The number of ether oxygens (including phenoxy) is 2. The van der Waals surface area contributed by atoms with E-state index in [-0.39, 0.29) is 29.7 Å². The number of ketones is 1. The molecular formula is C21H17FO5. The lowest BCUT2D eigenvalue weighted by molar-refractivity contribution is 0.104. The molecule has 0 spiro atoms. The number of hydrogen-bond donors (Lipinski definition) is 1. The van der Waals surface area contributed by atoms with E-state index in [0.717, 1.165) is 0 Å².